The van der Waals surface area contributed by atoms with E-state index in [0.717, 1.165) is 77.7 Å². The lowest BCUT2D eigenvalue weighted by Gasteiger charge is -2.16. The molecule has 0 bridgehead atoms. The summed E-state index contributed by atoms with van der Waals surface area (Å²) in [6, 6.07) is 67.6. The van der Waals surface area contributed by atoms with Gasteiger partial charge in [0.05, 0.1) is 11.4 Å². The Labute approximate surface area is 340 Å². The van der Waals surface area contributed by atoms with E-state index >= 15 is 0 Å². The van der Waals surface area contributed by atoms with Crippen molar-refractivity contribution < 1.29 is 4.42 Å². The molecule has 0 saturated carbocycles. The molecule has 6 nitrogen and oxygen atoms in total. The van der Waals surface area contributed by atoms with Gasteiger partial charge in [0.25, 0.3) is 0 Å². The van der Waals surface area contributed by atoms with Crippen LogP contribution >= 0.6 is 0 Å². The minimum absolute atomic E-state index is 0.457. The van der Waals surface area contributed by atoms with Gasteiger partial charge in [0.1, 0.15) is 11.2 Å². The molecule has 0 N–H and O–H groups in total. The summed E-state index contributed by atoms with van der Waals surface area (Å²) in [5, 5.41) is 12.7. The van der Waals surface area contributed by atoms with Gasteiger partial charge in [0.2, 0.25) is 5.89 Å². The van der Waals surface area contributed by atoms with Crippen LogP contribution in [0.15, 0.2) is 205 Å². The Kier molecular flexibility index (Phi) is 8.37. The van der Waals surface area contributed by atoms with Gasteiger partial charge in [-0.15, -0.1) is 5.10 Å². The molecule has 0 saturated heterocycles. The average molecular weight is 756 g/mol. The summed E-state index contributed by atoms with van der Waals surface area (Å²) < 4.78 is 6.14. The quantitative estimate of drug-likeness (QED) is 0.161. The Balaban J connectivity index is 1.01. The number of benzene rings is 8. The maximum atomic E-state index is 6.14. The summed E-state index contributed by atoms with van der Waals surface area (Å²) in [6.45, 7) is 0. The minimum Gasteiger partial charge on any atom is -0.435 e. The van der Waals surface area contributed by atoms with Crippen LogP contribution in [0.5, 0.6) is 0 Å². The number of hydrogen-bond acceptors (Lipinski definition) is 6. The van der Waals surface area contributed by atoms with Crippen LogP contribution in [0.2, 0.25) is 0 Å². The van der Waals surface area contributed by atoms with Crippen molar-refractivity contribution in [2.24, 2.45) is 0 Å². The van der Waals surface area contributed by atoms with Crippen molar-refractivity contribution >= 4 is 32.6 Å². The molecule has 59 heavy (non-hydrogen) atoms. The third kappa shape index (κ3) is 6.49. The molecule has 0 aliphatic carbocycles. The molecule has 0 aliphatic rings. The molecule has 276 valence electrons. The van der Waals surface area contributed by atoms with Crippen molar-refractivity contribution in [3.8, 4) is 78.9 Å². The SMILES string of the molecule is c1ccc(-c2cc(-c3ccccc3)nc(-c3cccc(-c4c(-c5cccc(-c6ccc7cc8nc(-c9cccnn9)oc8cc7c6)c5)ccc5ccccc45)c3)n2)cc1. The Morgan fingerprint density at radius 1 is 0.373 bits per heavy atom. The first-order chi connectivity index (χ1) is 29.2. The second-order valence-electron chi connectivity index (χ2n) is 14.6. The molecular formula is C53H33N5O. The molecule has 0 spiro atoms. The summed E-state index contributed by atoms with van der Waals surface area (Å²) in [7, 11) is 0. The topological polar surface area (TPSA) is 77.6 Å². The van der Waals surface area contributed by atoms with Gasteiger partial charge in [-0.2, -0.15) is 5.10 Å². The molecule has 11 rings (SSSR count). The first-order valence-corrected chi connectivity index (χ1v) is 19.6. The second-order valence-corrected chi connectivity index (χ2v) is 14.6. The van der Waals surface area contributed by atoms with Crippen LogP contribution in [-0.2, 0) is 0 Å². The van der Waals surface area contributed by atoms with Crippen molar-refractivity contribution in [2.75, 3.05) is 0 Å². The maximum Gasteiger partial charge on any atom is 0.248 e. The molecule has 3 aromatic heterocycles. The fourth-order valence-corrected chi connectivity index (χ4v) is 7.97. The van der Waals surface area contributed by atoms with E-state index in [4.69, 9.17) is 19.4 Å². The van der Waals surface area contributed by atoms with Gasteiger partial charge < -0.3 is 4.42 Å². The molecule has 8 aromatic carbocycles. The number of hydrogen-bond donors (Lipinski definition) is 0. The predicted octanol–water partition coefficient (Wildman–Crippen LogP) is 13.4. The highest BCUT2D eigenvalue weighted by Crippen LogP contribution is 2.41. The lowest BCUT2D eigenvalue weighted by molar-refractivity contribution is 0.615. The van der Waals surface area contributed by atoms with Crippen molar-refractivity contribution in [1.29, 1.82) is 0 Å². The standard InChI is InChI=1S/C53H33N5O/c1-3-13-35(14-4-1)47-33-48(36-15-5-2-6-16-36)56-52(55-47)42-20-10-19-41(30-42)51-44-21-8-7-12-34(44)25-26-45(51)40-18-9-17-37(28-40)38-23-24-39-31-49-50(32-43(39)29-38)59-53(57-49)46-22-11-27-54-58-46/h1-33H. The van der Waals surface area contributed by atoms with Gasteiger partial charge in [0, 0.05) is 22.9 Å². The van der Waals surface area contributed by atoms with Crippen molar-refractivity contribution in [3.63, 3.8) is 0 Å². The lowest BCUT2D eigenvalue weighted by Crippen LogP contribution is -1.96. The van der Waals surface area contributed by atoms with E-state index < -0.39 is 0 Å². The largest absolute Gasteiger partial charge is 0.435 e. The van der Waals surface area contributed by atoms with Crippen LogP contribution in [0.1, 0.15) is 0 Å². The van der Waals surface area contributed by atoms with Crippen molar-refractivity contribution in [3.05, 3.63) is 200 Å². The summed E-state index contributed by atoms with van der Waals surface area (Å²) >= 11 is 0. The Morgan fingerprint density at radius 3 is 1.81 bits per heavy atom. The Bertz CT molecular complexity index is 3270. The number of aromatic nitrogens is 5. The summed E-state index contributed by atoms with van der Waals surface area (Å²) in [6.07, 6.45) is 1.64. The Hall–Kier alpha value is -8.09. The molecule has 3 heterocycles. The van der Waals surface area contributed by atoms with Crippen LogP contribution in [0, 0.1) is 0 Å². The average Bonchev–Trinajstić information content (AvgIpc) is 3.74. The fourth-order valence-electron chi connectivity index (χ4n) is 7.97. The van der Waals surface area contributed by atoms with E-state index in [0.29, 0.717) is 23.0 Å². The molecule has 0 fully saturated rings. The van der Waals surface area contributed by atoms with Gasteiger partial charge >= 0.3 is 0 Å². The molecule has 0 aliphatic heterocycles. The second kappa shape index (κ2) is 14.4. The van der Waals surface area contributed by atoms with Gasteiger partial charge in [-0.1, -0.05) is 146 Å². The Morgan fingerprint density at radius 2 is 1.03 bits per heavy atom. The third-order valence-corrected chi connectivity index (χ3v) is 10.8. The van der Waals surface area contributed by atoms with E-state index in [2.05, 4.69) is 156 Å². The highest BCUT2D eigenvalue weighted by molar-refractivity contribution is 6.05. The third-order valence-electron chi connectivity index (χ3n) is 10.8. The maximum absolute atomic E-state index is 6.14. The number of nitrogens with zero attached hydrogens (tertiary/aromatic N) is 5. The number of rotatable bonds is 7. The number of fused-ring (bicyclic) bond motifs is 3. The van der Waals surface area contributed by atoms with E-state index in [-0.39, 0.29) is 0 Å². The molecule has 6 heteroatoms. The monoisotopic (exact) mass is 755 g/mol. The minimum atomic E-state index is 0.457. The van der Waals surface area contributed by atoms with Gasteiger partial charge in [-0.05, 0) is 103 Å². The van der Waals surface area contributed by atoms with Crippen molar-refractivity contribution in [1.82, 2.24) is 25.1 Å². The first kappa shape index (κ1) is 34.2. The normalized spacial score (nSPS) is 11.4. The van der Waals surface area contributed by atoms with E-state index in [9.17, 15) is 0 Å². The van der Waals surface area contributed by atoms with E-state index in [1.165, 1.54) is 10.8 Å². The summed E-state index contributed by atoms with van der Waals surface area (Å²) in [4.78, 5) is 15.0. The molecular weight excluding hydrogens is 723 g/mol. The van der Waals surface area contributed by atoms with Crippen LogP contribution in [-0.4, -0.2) is 25.1 Å². The molecule has 11 aromatic rings. The van der Waals surface area contributed by atoms with Crippen LogP contribution < -0.4 is 0 Å². The van der Waals surface area contributed by atoms with Gasteiger partial charge in [-0.3, -0.25) is 0 Å². The fraction of sp³-hybridized carbons (Fsp3) is 0. The van der Waals surface area contributed by atoms with Crippen LogP contribution in [0.3, 0.4) is 0 Å². The molecule has 0 amide bonds. The lowest BCUT2D eigenvalue weighted by atomic mass is 9.88. The molecule has 0 radical (unpaired) electrons. The predicted molar refractivity (Wildman–Crippen MR) is 238 cm³/mol. The number of oxazole rings is 1. The molecule has 0 unspecified atom stereocenters. The smallest absolute Gasteiger partial charge is 0.248 e. The summed E-state index contributed by atoms with van der Waals surface area (Å²) in [5.74, 6) is 1.14. The first-order valence-electron chi connectivity index (χ1n) is 19.6. The molecule has 0 atom stereocenters. The van der Waals surface area contributed by atoms with Crippen molar-refractivity contribution in [2.45, 2.75) is 0 Å². The highest BCUT2D eigenvalue weighted by Gasteiger charge is 2.17. The van der Waals surface area contributed by atoms with Gasteiger partial charge in [0.15, 0.2) is 11.4 Å². The van der Waals surface area contributed by atoms with E-state index in [1.807, 2.05) is 48.5 Å². The zero-order valence-electron chi connectivity index (χ0n) is 31.7. The zero-order valence-corrected chi connectivity index (χ0v) is 31.7. The van der Waals surface area contributed by atoms with Crippen LogP contribution in [0.4, 0.5) is 0 Å². The van der Waals surface area contributed by atoms with Gasteiger partial charge in [-0.25, -0.2) is 15.0 Å². The highest BCUT2D eigenvalue weighted by atomic mass is 16.3. The zero-order chi connectivity index (χ0) is 39.1. The van der Waals surface area contributed by atoms with E-state index in [1.54, 1.807) is 6.20 Å². The summed E-state index contributed by atoms with van der Waals surface area (Å²) in [5.41, 5.74) is 13.7. The van der Waals surface area contributed by atoms with Crippen LogP contribution in [0.25, 0.3) is 112 Å².